The van der Waals surface area contributed by atoms with Crippen LogP contribution in [0.15, 0.2) is 71.6 Å². The van der Waals surface area contributed by atoms with Gasteiger partial charge in [0.2, 0.25) is 0 Å². The molecule has 0 radical (unpaired) electrons. The second-order valence-electron chi connectivity index (χ2n) is 7.84. The molecule has 1 unspecified atom stereocenters. The van der Waals surface area contributed by atoms with E-state index in [-0.39, 0.29) is 16.8 Å². The summed E-state index contributed by atoms with van der Waals surface area (Å²) in [5.41, 5.74) is 4.98. The zero-order chi connectivity index (χ0) is 22.8. The van der Waals surface area contributed by atoms with Gasteiger partial charge in [0.1, 0.15) is 0 Å². The molecule has 5 nitrogen and oxygen atoms in total. The topological polar surface area (TPSA) is 66.5 Å². The Kier molecular flexibility index (Phi) is 6.51. The molecule has 1 N–H and O–H groups in total. The Morgan fingerprint density at radius 1 is 0.903 bits per heavy atom. The maximum atomic E-state index is 13.0. The molecule has 3 aromatic rings. The first kappa shape index (κ1) is 22.6. The first-order chi connectivity index (χ1) is 14.6. The summed E-state index contributed by atoms with van der Waals surface area (Å²) in [6.07, 6.45) is 0. The molecule has 0 aliphatic heterocycles. The molecule has 0 aromatic heterocycles. The van der Waals surface area contributed by atoms with Gasteiger partial charge in [0.05, 0.1) is 16.6 Å². The minimum atomic E-state index is -3.73. The van der Waals surface area contributed by atoms with Crippen LogP contribution in [0.2, 0.25) is 0 Å². The van der Waals surface area contributed by atoms with Crippen LogP contribution in [0.25, 0.3) is 0 Å². The molecular weight excluding hydrogens is 408 g/mol. The van der Waals surface area contributed by atoms with E-state index >= 15 is 0 Å². The van der Waals surface area contributed by atoms with Crippen molar-refractivity contribution in [2.45, 2.75) is 38.6 Å². The second-order valence-corrected chi connectivity index (χ2v) is 9.81. The van der Waals surface area contributed by atoms with Crippen molar-refractivity contribution in [3.8, 4) is 0 Å². The van der Waals surface area contributed by atoms with E-state index in [0.29, 0.717) is 11.3 Å². The number of nitrogens with zero attached hydrogens (tertiary/aromatic N) is 1. The molecular formula is C25H28N2O3S. The number of hydrogen-bond acceptors (Lipinski definition) is 3. The summed E-state index contributed by atoms with van der Waals surface area (Å²) in [4.78, 5) is 13.1. The first-order valence-electron chi connectivity index (χ1n) is 10.1. The number of carbonyl (C=O) groups excluding carboxylic acids is 1. The molecule has 31 heavy (non-hydrogen) atoms. The number of anilines is 1. The third-order valence-corrected chi connectivity index (χ3v) is 7.24. The van der Waals surface area contributed by atoms with Crippen LogP contribution >= 0.6 is 0 Å². The van der Waals surface area contributed by atoms with Crippen molar-refractivity contribution in [1.29, 1.82) is 0 Å². The Hall–Kier alpha value is -3.12. The molecule has 0 aliphatic rings. The van der Waals surface area contributed by atoms with E-state index in [2.05, 4.69) is 11.4 Å². The zero-order valence-corrected chi connectivity index (χ0v) is 19.3. The Bertz CT molecular complexity index is 1200. The van der Waals surface area contributed by atoms with Crippen LogP contribution in [0.4, 0.5) is 5.69 Å². The fraction of sp³-hybridized carbons (Fsp3) is 0.240. The van der Waals surface area contributed by atoms with Crippen LogP contribution in [0.1, 0.15) is 45.6 Å². The van der Waals surface area contributed by atoms with Gasteiger partial charge in [-0.3, -0.25) is 9.10 Å². The van der Waals surface area contributed by atoms with Crippen LogP contribution < -0.4 is 9.62 Å². The van der Waals surface area contributed by atoms with Gasteiger partial charge >= 0.3 is 0 Å². The average Bonchev–Trinajstić information content (AvgIpc) is 2.74. The van der Waals surface area contributed by atoms with E-state index in [9.17, 15) is 13.2 Å². The van der Waals surface area contributed by atoms with E-state index in [1.807, 2.05) is 39.8 Å². The van der Waals surface area contributed by atoms with Gasteiger partial charge in [-0.2, -0.15) is 0 Å². The van der Waals surface area contributed by atoms with Gasteiger partial charge in [-0.05, 0) is 68.7 Å². The van der Waals surface area contributed by atoms with E-state index < -0.39 is 10.0 Å². The molecule has 3 rings (SSSR count). The van der Waals surface area contributed by atoms with Crippen molar-refractivity contribution in [2.24, 2.45) is 0 Å². The second kappa shape index (κ2) is 8.94. The number of nitrogens with one attached hydrogen (secondary N) is 1. The van der Waals surface area contributed by atoms with Crippen LogP contribution in [0.5, 0.6) is 0 Å². The maximum absolute atomic E-state index is 13.0. The molecule has 0 bridgehead atoms. The predicted octanol–water partition coefficient (Wildman–Crippen LogP) is 4.93. The molecule has 0 saturated carbocycles. The standard InChI is InChI=1S/C25H28N2O3S/c1-17-11-14-23(19(3)15-17)20(4)26-25(28)21-13-12-18(2)24(16-21)27(5)31(29,30)22-9-7-6-8-10-22/h6-16,20H,1-5H3,(H,26,28). The lowest BCUT2D eigenvalue weighted by Gasteiger charge is -2.23. The number of sulfonamides is 1. The lowest BCUT2D eigenvalue weighted by molar-refractivity contribution is 0.0940. The summed E-state index contributed by atoms with van der Waals surface area (Å²) < 4.78 is 27.3. The molecule has 0 heterocycles. The summed E-state index contributed by atoms with van der Waals surface area (Å²) in [6.45, 7) is 7.83. The lowest BCUT2D eigenvalue weighted by atomic mass is 10.00. The molecule has 6 heteroatoms. The Morgan fingerprint density at radius 3 is 2.23 bits per heavy atom. The van der Waals surface area contributed by atoms with Crippen molar-refractivity contribution in [2.75, 3.05) is 11.4 Å². The molecule has 0 spiro atoms. The van der Waals surface area contributed by atoms with Crippen molar-refractivity contribution in [3.63, 3.8) is 0 Å². The Morgan fingerprint density at radius 2 is 1.58 bits per heavy atom. The molecule has 0 aliphatic carbocycles. The van der Waals surface area contributed by atoms with Crippen molar-refractivity contribution in [1.82, 2.24) is 5.32 Å². The highest BCUT2D eigenvalue weighted by molar-refractivity contribution is 7.92. The van der Waals surface area contributed by atoms with Gasteiger partial charge in [0, 0.05) is 12.6 Å². The van der Waals surface area contributed by atoms with Gasteiger partial charge in [-0.25, -0.2) is 8.42 Å². The number of carbonyl (C=O) groups is 1. The first-order valence-corrected chi connectivity index (χ1v) is 11.6. The van der Waals surface area contributed by atoms with Gasteiger partial charge < -0.3 is 5.32 Å². The minimum Gasteiger partial charge on any atom is -0.346 e. The normalized spacial score (nSPS) is 12.3. The van der Waals surface area contributed by atoms with Crippen molar-refractivity contribution < 1.29 is 13.2 Å². The van der Waals surface area contributed by atoms with Gasteiger partial charge in [0.25, 0.3) is 15.9 Å². The average molecular weight is 437 g/mol. The lowest BCUT2D eigenvalue weighted by Crippen LogP contribution is -2.29. The number of rotatable bonds is 6. The molecule has 162 valence electrons. The highest BCUT2D eigenvalue weighted by Gasteiger charge is 2.23. The minimum absolute atomic E-state index is 0.177. The van der Waals surface area contributed by atoms with E-state index in [1.54, 1.807) is 48.5 Å². The third-order valence-electron chi connectivity index (χ3n) is 5.45. The highest BCUT2D eigenvalue weighted by Crippen LogP contribution is 2.27. The number of aryl methyl sites for hydroxylation is 3. The highest BCUT2D eigenvalue weighted by atomic mass is 32.2. The largest absolute Gasteiger partial charge is 0.346 e. The molecule has 0 fully saturated rings. The zero-order valence-electron chi connectivity index (χ0n) is 18.5. The van der Waals surface area contributed by atoms with E-state index in [4.69, 9.17) is 0 Å². The Labute approximate surface area is 184 Å². The van der Waals surface area contributed by atoms with Crippen LogP contribution in [-0.2, 0) is 10.0 Å². The number of hydrogen-bond donors (Lipinski definition) is 1. The monoisotopic (exact) mass is 436 g/mol. The smallest absolute Gasteiger partial charge is 0.264 e. The van der Waals surface area contributed by atoms with Crippen LogP contribution in [-0.4, -0.2) is 21.4 Å². The van der Waals surface area contributed by atoms with Crippen molar-refractivity contribution in [3.05, 3.63) is 94.5 Å². The van der Waals surface area contributed by atoms with Crippen molar-refractivity contribution >= 4 is 21.6 Å². The third kappa shape index (κ3) is 4.80. The predicted molar refractivity (Wildman–Crippen MR) is 125 cm³/mol. The summed E-state index contributed by atoms with van der Waals surface area (Å²) in [7, 11) is -2.23. The quantitative estimate of drug-likeness (QED) is 0.596. The maximum Gasteiger partial charge on any atom is 0.264 e. The fourth-order valence-corrected chi connectivity index (χ4v) is 4.91. The van der Waals surface area contributed by atoms with Gasteiger partial charge in [-0.15, -0.1) is 0 Å². The van der Waals surface area contributed by atoms with Crippen LogP contribution in [0.3, 0.4) is 0 Å². The van der Waals surface area contributed by atoms with Gasteiger partial charge in [0.15, 0.2) is 0 Å². The molecule has 1 atom stereocenters. The molecule has 3 aromatic carbocycles. The summed E-state index contributed by atoms with van der Waals surface area (Å²) in [6, 6.07) is 19.3. The number of benzene rings is 3. The summed E-state index contributed by atoms with van der Waals surface area (Å²) >= 11 is 0. The number of amides is 1. The van der Waals surface area contributed by atoms with E-state index in [1.165, 1.54) is 16.9 Å². The summed E-state index contributed by atoms with van der Waals surface area (Å²) in [5.74, 6) is -0.251. The molecule has 0 saturated heterocycles. The molecule has 1 amide bonds. The SMILES string of the molecule is Cc1ccc(C(C)NC(=O)c2ccc(C)c(N(C)S(=O)(=O)c3ccccc3)c2)c(C)c1. The van der Waals surface area contributed by atoms with Gasteiger partial charge in [-0.1, -0.05) is 48.0 Å². The van der Waals surface area contributed by atoms with Crippen LogP contribution in [0, 0.1) is 20.8 Å². The Balaban J connectivity index is 1.87. The fourth-order valence-electron chi connectivity index (χ4n) is 3.64. The summed E-state index contributed by atoms with van der Waals surface area (Å²) in [5, 5.41) is 3.02. The van der Waals surface area contributed by atoms with E-state index in [0.717, 1.165) is 16.7 Å².